The zero-order valence-corrected chi connectivity index (χ0v) is 16.5. The predicted molar refractivity (Wildman–Crippen MR) is 110 cm³/mol. The van der Waals surface area contributed by atoms with E-state index in [4.69, 9.17) is 5.73 Å². The number of halogens is 1. The van der Waals surface area contributed by atoms with E-state index < -0.39 is 10.0 Å². The zero-order chi connectivity index (χ0) is 18.6. The van der Waals surface area contributed by atoms with Gasteiger partial charge in [0.1, 0.15) is 0 Å². The van der Waals surface area contributed by atoms with Crippen LogP contribution in [0.5, 0.6) is 0 Å². The third-order valence-corrected chi connectivity index (χ3v) is 5.97. The molecule has 0 fully saturated rings. The molecule has 0 saturated carbocycles. The number of nitrogens with one attached hydrogen (secondary N) is 2. The maximum absolute atomic E-state index is 12.4. The first-order chi connectivity index (χ1) is 12.5. The third kappa shape index (κ3) is 5.45. The molecule has 2 aromatic carbocycles. The summed E-state index contributed by atoms with van der Waals surface area (Å²) in [6, 6.07) is 12.2. The summed E-state index contributed by atoms with van der Waals surface area (Å²) in [7, 11) is -3.63. The van der Waals surface area contributed by atoms with E-state index in [1.54, 1.807) is 36.4 Å². The van der Waals surface area contributed by atoms with Gasteiger partial charge in [-0.2, -0.15) is 0 Å². The van der Waals surface area contributed by atoms with Crippen LogP contribution >= 0.6 is 12.4 Å². The molecule has 0 saturated heterocycles. The van der Waals surface area contributed by atoms with Crippen LogP contribution in [0, 0.1) is 0 Å². The van der Waals surface area contributed by atoms with E-state index in [9.17, 15) is 13.2 Å². The van der Waals surface area contributed by atoms with Gasteiger partial charge in [-0.3, -0.25) is 4.79 Å². The Morgan fingerprint density at radius 2 is 1.74 bits per heavy atom. The molecule has 4 N–H and O–H groups in total. The van der Waals surface area contributed by atoms with Gasteiger partial charge in [-0.05, 0) is 61.1 Å². The molecule has 8 heteroatoms. The summed E-state index contributed by atoms with van der Waals surface area (Å²) in [6.45, 7) is 0.0258. The van der Waals surface area contributed by atoms with Crippen molar-refractivity contribution in [2.75, 3.05) is 17.6 Å². The van der Waals surface area contributed by atoms with Crippen molar-refractivity contribution >= 4 is 39.7 Å². The lowest BCUT2D eigenvalue weighted by Crippen LogP contribution is -2.28. The molecule has 0 bridgehead atoms. The summed E-state index contributed by atoms with van der Waals surface area (Å²) < 4.78 is 27.4. The molecule has 0 spiro atoms. The summed E-state index contributed by atoms with van der Waals surface area (Å²) in [6.07, 6.45) is 4.19. The molecular formula is C19H24ClN3O3S. The standard InChI is InChI=1S/C19H23N3O3S.ClH/c20-17-7-3-4-8-18(17)22-19(23)11-12-21-26(24,25)16-10-9-14-5-1-2-6-15(14)13-16;/h3-4,7-10,13,21H,1-2,5-6,11-12,20H2,(H,22,23);1H. The van der Waals surface area contributed by atoms with E-state index in [-0.39, 0.29) is 36.2 Å². The van der Waals surface area contributed by atoms with E-state index in [1.807, 2.05) is 6.07 Å². The van der Waals surface area contributed by atoms with Gasteiger partial charge in [-0.1, -0.05) is 18.2 Å². The Labute approximate surface area is 166 Å². The van der Waals surface area contributed by atoms with Gasteiger partial charge in [0.15, 0.2) is 0 Å². The average Bonchev–Trinajstić information content (AvgIpc) is 2.63. The topological polar surface area (TPSA) is 101 Å². The fraction of sp³-hybridized carbons (Fsp3) is 0.316. The molecule has 1 aliphatic rings. The SMILES string of the molecule is Cl.Nc1ccccc1NC(=O)CCNS(=O)(=O)c1ccc2c(c1)CCCC2. The lowest BCUT2D eigenvalue weighted by Gasteiger charge is -2.16. The average molecular weight is 410 g/mol. The van der Waals surface area contributed by atoms with Crippen LogP contribution < -0.4 is 15.8 Å². The van der Waals surface area contributed by atoms with Crippen LogP contribution in [0.25, 0.3) is 0 Å². The number of hydrogen-bond donors (Lipinski definition) is 3. The van der Waals surface area contributed by atoms with E-state index in [0.29, 0.717) is 11.4 Å². The molecule has 0 radical (unpaired) electrons. The Balaban J connectivity index is 0.00000261. The van der Waals surface area contributed by atoms with Crippen molar-refractivity contribution < 1.29 is 13.2 Å². The number of nitrogen functional groups attached to an aromatic ring is 1. The Bertz CT molecular complexity index is 916. The lowest BCUT2D eigenvalue weighted by atomic mass is 9.92. The molecular weight excluding hydrogens is 386 g/mol. The Hall–Kier alpha value is -2.09. The number of nitrogens with two attached hydrogens (primary N) is 1. The second-order valence-corrected chi connectivity index (χ2v) is 8.19. The molecule has 27 heavy (non-hydrogen) atoms. The summed E-state index contributed by atoms with van der Waals surface area (Å²) in [5.74, 6) is -0.295. The molecule has 0 heterocycles. The number of aryl methyl sites for hydroxylation is 2. The van der Waals surface area contributed by atoms with Gasteiger partial charge in [0.2, 0.25) is 15.9 Å². The number of hydrogen-bond acceptors (Lipinski definition) is 4. The highest BCUT2D eigenvalue weighted by Gasteiger charge is 2.18. The van der Waals surface area contributed by atoms with Crippen LogP contribution in [-0.2, 0) is 27.7 Å². The monoisotopic (exact) mass is 409 g/mol. The fourth-order valence-electron chi connectivity index (χ4n) is 3.08. The fourth-order valence-corrected chi connectivity index (χ4v) is 4.16. The lowest BCUT2D eigenvalue weighted by molar-refractivity contribution is -0.116. The van der Waals surface area contributed by atoms with Crippen LogP contribution in [0.15, 0.2) is 47.4 Å². The number of amides is 1. The van der Waals surface area contributed by atoms with Crippen molar-refractivity contribution in [1.82, 2.24) is 4.72 Å². The number of rotatable bonds is 6. The highest BCUT2D eigenvalue weighted by molar-refractivity contribution is 7.89. The van der Waals surface area contributed by atoms with Crippen molar-refractivity contribution in [1.29, 1.82) is 0 Å². The minimum absolute atomic E-state index is 0. The van der Waals surface area contributed by atoms with Crippen molar-refractivity contribution in [3.05, 3.63) is 53.6 Å². The van der Waals surface area contributed by atoms with Crippen molar-refractivity contribution in [2.45, 2.75) is 37.0 Å². The van der Waals surface area contributed by atoms with Gasteiger partial charge in [-0.15, -0.1) is 12.4 Å². The third-order valence-electron chi connectivity index (χ3n) is 4.51. The molecule has 0 unspecified atom stereocenters. The Morgan fingerprint density at radius 3 is 2.48 bits per heavy atom. The van der Waals surface area contributed by atoms with Gasteiger partial charge in [-0.25, -0.2) is 13.1 Å². The number of benzene rings is 2. The molecule has 3 rings (SSSR count). The first-order valence-corrected chi connectivity index (χ1v) is 10.2. The number of carbonyl (C=O) groups excluding carboxylic acids is 1. The van der Waals surface area contributed by atoms with Crippen LogP contribution in [0.1, 0.15) is 30.4 Å². The summed E-state index contributed by atoms with van der Waals surface area (Å²) >= 11 is 0. The van der Waals surface area contributed by atoms with E-state index in [0.717, 1.165) is 31.2 Å². The normalized spacial score (nSPS) is 13.3. The van der Waals surface area contributed by atoms with Crippen molar-refractivity contribution in [3.63, 3.8) is 0 Å². The van der Waals surface area contributed by atoms with Crippen LogP contribution in [0.2, 0.25) is 0 Å². The van der Waals surface area contributed by atoms with Gasteiger partial charge in [0, 0.05) is 13.0 Å². The smallest absolute Gasteiger partial charge is 0.240 e. The minimum atomic E-state index is -3.63. The summed E-state index contributed by atoms with van der Waals surface area (Å²) in [5, 5.41) is 2.68. The molecule has 2 aromatic rings. The zero-order valence-electron chi connectivity index (χ0n) is 14.9. The second kappa shape index (κ2) is 9.21. The van der Waals surface area contributed by atoms with Gasteiger partial charge in [0.25, 0.3) is 0 Å². The number of para-hydroxylation sites is 2. The highest BCUT2D eigenvalue weighted by atomic mass is 35.5. The number of fused-ring (bicyclic) bond motifs is 1. The van der Waals surface area contributed by atoms with Crippen LogP contribution in [-0.4, -0.2) is 20.9 Å². The number of carbonyl (C=O) groups is 1. The first kappa shape index (κ1) is 21.2. The number of sulfonamides is 1. The summed E-state index contributed by atoms with van der Waals surface area (Å²) in [5.41, 5.74) is 9.10. The molecule has 1 aliphatic carbocycles. The van der Waals surface area contributed by atoms with Gasteiger partial charge < -0.3 is 11.1 Å². The molecule has 0 aliphatic heterocycles. The minimum Gasteiger partial charge on any atom is -0.397 e. The van der Waals surface area contributed by atoms with E-state index >= 15 is 0 Å². The van der Waals surface area contributed by atoms with Gasteiger partial charge in [0.05, 0.1) is 16.3 Å². The predicted octanol–water partition coefficient (Wildman–Crippen LogP) is 2.88. The Kier molecular flexibility index (Phi) is 7.24. The highest BCUT2D eigenvalue weighted by Crippen LogP contribution is 2.24. The summed E-state index contributed by atoms with van der Waals surface area (Å²) in [4.78, 5) is 12.2. The second-order valence-electron chi connectivity index (χ2n) is 6.42. The maximum Gasteiger partial charge on any atom is 0.240 e. The quantitative estimate of drug-likeness (QED) is 0.638. The van der Waals surface area contributed by atoms with Crippen LogP contribution in [0.3, 0.4) is 0 Å². The van der Waals surface area contributed by atoms with Crippen LogP contribution in [0.4, 0.5) is 11.4 Å². The molecule has 1 amide bonds. The molecule has 6 nitrogen and oxygen atoms in total. The maximum atomic E-state index is 12.4. The van der Waals surface area contributed by atoms with Gasteiger partial charge >= 0.3 is 0 Å². The van der Waals surface area contributed by atoms with Crippen molar-refractivity contribution in [2.24, 2.45) is 0 Å². The largest absolute Gasteiger partial charge is 0.397 e. The van der Waals surface area contributed by atoms with E-state index in [1.165, 1.54) is 5.56 Å². The molecule has 146 valence electrons. The molecule has 0 atom stereocenters. The van der Waals surface area contributed by atoms with Crippen molar-refractivity contribution in [3.8, 4) is 0 Å². The number of anilines is 2. The Morgan fingerprint density at radius 1 is 1.04 bits per heavy atom. The van der Waals surface area contributed by atoms with E-state index in [2.05, 4.69) is 10.0 Å². The first-order valence-electron chi connectivity index (χ1n) is 8.71. The molecule has 0 aromatic heterocycles.